The van der Waals surface area contributed by atoms with Crippen molar-refractivity contribution in [3.63, 3.8) is 0 Å². The Labute approximate surface area is 167 Å². The Morgan fingerprint density at radius 1 is 1.34 bits per heavy atom. The largest absolute Gasteiger partial charge is 0.490 e. The summed E-state index contributed by atoms with van der Waals surface area (Å²) in [6, 6.07) is 7.90. The van der Waals surface area contributed by atoms with Crippen LogP contribution in [0.25, 0.3) is 0 Å². The minimum Gasteiger partial charge on any atom is -0.475 e. The molecule has 7 nitrogen and oxygen atoms in total. The SMILES string of the molecule is CCC1(c2cccc(NS(=O)(=O)CCOC)c2)C2CNCC21.O=C(O)C(F)(F)F. The van der Waals surface area contributed by atoms with Gasteiger partial charge in [0.2, 0.25) is 10.0 Å². The van der Waals surface area contributed by atoms with Gasteiger partial charge in [-0.1, -0.05) is 19.1 Å². The summed E-state index contributed by atoms with van der Waals surface area (Å²) in [6.07, 6.45) is -3.98. The molecule has 2 atom stereocenters. The van der Waals surface area contributed by atoms with Crippen molar-refractivity contribution in [3.05, 3.63) is 29.8 Å². The van der Waals surface area contributed by atoms with E-state index in [2.05, 4.69) is 23.0 Å². The van der Waals surface area contributed by atoms with Crippen LogP contribution in [0.4, 0.5) is 18.9 Å². The van der Waals surface area contributed by atoms with E-state index in [1.807, 2.05) is 18.2 Å². The molecule has 1 saturated carbocycles. The minimum atomic E-state index is -5.08. The number of sulfonamides is 1. The molecule has 0 radical (unpaired) electrons. The fraction of sp³-hybridized carbons (Fsp3) is 0.611. The summed E-state index contributed by atoms with van der Waals surface area (Å²) >= 11 is 0. The van der Waals surface area contributed by atoms with Gasteiger partial charge < -0.3 is 15.2 Å². The highest BCUT2D eigenvalue weighted by molar-refractivity contribution is 7.92. The number of aliphatic carboxylic acids is 1. The van der Waals surface area contributed by atoms with E-state index in [0.29, 0.717) is 17.5 Å². The Kier molecular flexibility index (Phi) is 7.18. The predicted molar refractivity (Wildman–Crippen MR) is 101 cm³/mol. The Hall–Kier alpha value is -1.85. The summed E-state index contributed by atoms with van der Waals surface area (Å²) in [7, 11) is -1.85. The van der Waals surface area contributed by atoms with Gasteiger partial charge in [-0.2, -0.15) is 13.2 Å². The summed E-state index contributed by atoms with van der Waals surface area (Å²) in [4.78, 5) is 8.90. The zero-order chi connectivity index (χ0) is 21.9. The zero-order valence-corrected chi connectivity index (χ0v) is 16.9. The van der Waals surface area contributed by atoms with Crippen molar-refractivity contribution in [1.82, 2.24) is 5.32 Å². The smallest absolute Gasteiger partial charge is 0.475 e. The van der Waals surface area contributed by atoms with Crippen LogP contribution in [0.15, 0.2) is 24.3 Å². The van der Waals surface area contributed by atoms with Gasteiger partial charge in [0.25, 0.3) is 0 Å². The number of ether oxygens (including phenoxy) is 1. The Balaban J connectivity index is 0.000000370. The van der Waals surface area contributed by atoms with Crippen LogP contribution in [0.1, 0.15) is 18.9 Å². The van der Waals surface area contributed by atoms with Crippen molar-refractivity contribution in [2.24, 2.45) is 11.8 Å². The van der Waals surface area contributed by atoms with Crippen LogP contribution >= 0.6 is 0 Å². The van der Waals surface area contributed by atoms with Crippen LogP contribution in [-0.4, -0.2) is 58.2 Å². The van der Waals surface area contributed by atoms with Crippen molar-refractivity contribution in [2.75, 3.05) is 37.3 Å². The number of hydrogen-bond acceptors (Lipinski definition) is 5. The number of rotatable bonds is 7. The molecule has 29 heavy (non-hydrogen) atoms. The molecule has 1 heterocycles. The Bertz CT molecular complexity index is 819. The topological polar surface area (TPSA) is 105 Å². The normalized spacial score (nSPS) is 25.6. The van der Waals surface area contributed by atoms with E-state index < -0.39 is 22.2 Å². The molecule has 1 aliphatic carbocycles. The van der Waals surface area contributed by atoms with Gasteiger partial charge in [0, 0.05) is 18.2 Å². The molecular weight excluding hydrogens is 413 g/mol. The number of halogens is 3. The lowest BCUT2D eigenvalue weighted by Crippen LogP contribution is -2.25. The van der Waals surface area contributed by atoms with Crippen LogP contribution < -0.4 is 10.0 Å². The van der Waals surface area contributed by atoms with Crippen LogP contribution in [0.5, 0.6) is 0 Å². The monoisotopic (exact) mass is 438 g/mol. The number of nitrogens with one attached hydrogen (secondary N) is 2. The van der Waals surface area contributed by atoms with E-state index in [0.717, 1.165) is 19.5 Å². The lowest BCUT2D eigenvalue weighted by atomic mass is 9.87. The maximum absolute atomic E-state index is 12.0. The third kappa shape index (κ3) is 5.40. The number of alkyl halides is 3. The zero-order valence-electron chi connectivity index (χ0n) is 16.1. The van der Waals surface area contributed by atoms with Gasteiger partial charge in [0.05, 0.1) is 12.4 Å². The first kappa shape index (κ1) is 23.4. The number of anilines is 1. The van der Waals surface area contributed by atoms with Gasteiger partial charge in [-0.05, 0) is 49.0 Å². The summed E-state index contributed by atoms with van der Waals surface area (Å²) < 4.78 is 63.2. The van der Waals surface area contributed by atoms with Gasteiger partial charge in [0.15, 0.2) is 0 Å². The fourth-order valence-electron chi connectivity index (χ4n) is 4.10. The minimum absolute atomic E-state index is 0.0260. The van der Waals surface area contributed by atoms with Crippen molar-refractivity contribution in [2.45, 2.75) is 24.9 Å². The Morgan fingerprint density at radius 3 is 2.41 bits per heavy atom. The first-order valence-corrected chi connectivity index (χ1v) is 10.7. The van der Waals surface area contributed by atoms with E-state index in [4.69, 9.17) is 14.6 Å². The lowest BCUT2D eigenvalue weighted by Gasteiger charge is -2.21. The molecule has 1 saturated heterocycles. The molecule has 1 aliphatic heterocycles. The highest BCUT2D eigenvalue weighted by Crippen LogP contribution is 2.63. The molecule has 3 N–H and O–H groups in total. The van der Waals surface area contributed by atoms with Crippen molar-refractivity contribution in [3.8, 4) is 0 Å². The first-order chi connectivity index (χ1) is 13.5. The molecule has 2 unspecified atom stereocenters. The molecule has 11 heteroatoms. The molecule has 2 aliphatic rings. The van der Waals surface area contributed by atoms with Gasteiger partial charge >= 0.3 is 12.1 Å². The van der Waals surface area contributed by atoms with E-state index in [1.165, 1.54) is 12.7 Å². The van der Waals surface area contributed by atoms with Crippen molar-refractivity contribution < 1.29 is 36.2 Å². The first-order valence-electron chi connectivity index (χ1n) is 9.08. The number of methoxy groups -OCH3 is 1. The quantitative estimate of drug-likeness (QED) is 0.603. The third-order valence-corrected chi connectivity index (χ3v) is 6.74. The van der Waals surface area contributed by atoms with Gasteiger partial charge in [-0.3, -0.25) is 4.72 Å². The van der Waals surface area contributed by atoms with E-state index in [1.54, 1.807) is 0 Å². The lowest BCUT2D eigenvalue weighted by molar-refractivity contribution is -0.192. The second kappa shape index (κ2) is 8.88. The second-order valence-electron chi connectivity index (χ2n) is 7.06. The fourth-order valence-corrected chi connectivity index (χ4v) is 5.07. The van der Waals surface area contributed by atoms with Crippen LogP contribution in [0.3, 0.4) is 0 Å². The van der Waals surface area contributed by atoms with E-state index in [9.17, 15) is 21.6 Å². The molecule has 0 amide bonds. The molecular formula is C18H25F3N2O5S. The average molecular weight is 438 g/mol. The summed E-state index contributed by atoms with van der Waals surface area (Å²) in [5.74, 6) is -1.40. The van der Waals surface area contributed by atoms with Gasteiger partial charge in [-0.15, -0.1) is 0 Å². The van der Waals surface area contributed by atoms with Crippen molar-refractivity contribution >= 4 is 21.7 Å². The molecule has 3 rings (SSSR count). The predicted octanol–water partition coefficient (Wildman–Crippen LogP) is 2.20. The van der Waals surface area contributed by atoms with E-state index in [-0.39, 0.29) is 17.8 Å². The summed E-state index contributed by atoms with van der Waals surface area (Å²) in [5, 5.41) is 10.6. The molecule has 0 aromatic heterocycles. The number of carboxylic acids is 1. The van der Waals surface area contributed by atoms with Gasteiger partial charge in [-0.25, -0.2) is 13.2 Å². The molecule has 1 aromatic rings. The highest BCUT2D eigenvalue weighted by atomic mass is 32.2. The standard InChI is InChI=1S/C16H24N2O3S.C2HF3O2/c1-3-16(14-10-17-11-15(14)16)12-5-4-6-13(9-12)18-22(19,20)8-7-21-2;3-2(4,5)1(6)7/h4-6,9,14-15,17-18H,3,7-8,10-11H2,1-2H3;(H,6,7). The maximum Gasteiger partial charge on any atom is 0.490 e. The summed E-state index contributed by atoms with van der Waals surface area (Å²) in [5.41, 5.74) is 2.15. The van der Waals surface area contributed by atoms with Crippen LogP contribution in [0, 0.1) is 11.8 Å². The number of fused-ring (bicyclic) bond motifs is 1. The average Bonchev–Trinajstić information content (AvgIpc) is 2.98. The number of piperidine rings is 1. The third-order valence-electron chi connectivity index (χ3n) is 5.49. The molecule has 0 spiro atoms. The number of carbonyl (C=O) groups is 1. The molecule has 2 fully saturated rings. The highest BCUT2D eigenvalue weighted by Gasteiger charge is 2.65. The number of carboxylic acid groups (broad SMARTS) is 1. The molecule has 164 valence electrons. The summed E-state index contributed by atoms with van der Waals surface area (Å²) in [6.45, 7) is 4.57. The van der Waals surface area contributed by atoms with E-state index >= 15 is 0 Å². The second-order valence-corrected chi connectivity index (χ2v) is 8.90. The number of hydrogen-bond donors (Lipinski definition) is 3. The van der Waals surface area contributed by atoms with Gasteiger partial charge in [0.1, 0.15) is 0 Å². The number of benzene rings is 1. The van der Waals surface area contributed by atoms with Crippen LogP contribution in [0.2, 0.25) is 0 Å². The van der Waals surface area contributed by atoms with Crippen LogP contribution in [-0.2, 0) is 25.0 Å². The molecule has 1 aromatic carbocycles. The Morgan fingerprint density at radius 2 is 1.93 bits per heavy atom. The molecule has 0 bridgehead atoms. The maximum atomic E-state index is 12.0. The van der Waals surface area contributed by atoms with Crippen molar-refractivity contribution in [1.29, 1.82) is 0 Å².